The molecule has 2 aromatic heterocycles. The minimum absolute atomic E-state index is 0.113. The maximum atomic E-state index is 13.0. The highest BCUT2D eigenvalue weighted by Crippen LogP contribution is 2.16. The van der Waals surface area contributed by atoms with Gasteiger partial charge in [-0.25, -0.2) is 9.36 Å². The van der Waals surface area contributed by atoms with E-state index < -0.39 is 5.69 Å². The zero-order valence-corrected chi connectivity index (χ0v) is 14.9. The number of nitrogens with one attached hydrogen (secondary N) is 1. The van der Waals surface area contributed by atoms with Crippen LogP contribution in [-0.4, -0.2) is 21.6 Å². The summed E-state index contributed by atoms with van der Waals surface area (Å²) in [6.07, 6.45) is 0.817. The molecule has 1 aromatic carbocycles. The Morgan fingerprint density at radius 1 is 1.24 bits per heavy atom. The van der Waals surface area contributed by atoms with Gasteiger partial charge in [-0.15, -0.1) is 11.3 Å². The first kappa shape index (κ1) is 17.2. The van der Waals surface area contributed by atoms with Crippen LogP contribution in [0.25, 0.3) is 15.9 Å². The van der Waals surface area contributed by atoms with Crippen LogP contribution in [0.4, 0.5) is 0 Å². The van der Waals surface area contributed by atoms with Gasteiger partial charge in [-0.3, -0.25) is 14.2 Å². The lowest BCUT2D eigenvalue weighted by molar-refractivity contribution is -0.121. The number of carbonyl (C=O) groups is 1. The lowest BCUT2D eigenvalue weighted by Gasteiger charge is -2.12. The molecule has 0 aliphatic rings. The standard InChI is InChI=1S/C18H19N3O3S/c1-3-8-19-15(22)11-20-14-7-9-25-16(14)17(23)21(18(20)24)13-6-4-5-12(2)10-13/h4-7,9-10H,3,8,11H2,1-2H3,(H,19,22). The number of nitrogens with zero attached hydrogens (tertiary/aromatic N) is 2. The van der Waals surface area contributed by atoms with Crippen LogP contribution >= 0.6 is 11.3 Å². The minimum Gasteiger partial charge on any atom is -0.355 e. The molecule has 25 heavy (non-hydrogen) atoms. The fourth-order valence-electron chi connectivity index (χ4n) is 2.70. The molecule has 0 saturated heterocycles. The monoisotopic (exact) mass is 357 g/mol. The van der Waals surface area contributed by atoms with Crippen LogP contribution in [-0.2, 0) is 11.3 Å². The smallest absolute Gasteiger partial charge is 0.336 e. The molecular weight excluding hydrogens is 338 g/mol. The molecule has 0 aliphatic heterocycles. The molecule has 1 amide bonds. The Kier molecular flexibility index (Phi) is 4.85. The predicted molar refractivity (Wildman–Crippen MR) is 99.7 cm³/mol. The van der Waals surface area contributed by atoms with Crippen molar-refractivity contribution in [3.05, 3.63) is 62.1 Å². The van der Waals surface area contributed by atoms with Gasteiger partial charge in [0.1, 0.15) is 11.2 Å². The zero-order valence-electron chi connectivity index (χ0n) is 14.1. The number of aromatic nitrogens is 2. The minimum atomic E-state index is -0.506. The van der Waals surface area contributed by atoms with Crippen molar-refractivity contribution in [3.63, 3.8) is 0 Å². The van der Waals surface area contributed by atoms with Crippen molar-refractivity contribution in [3.8, 4) is 5.69 Å². The highest BCUT2D eigenvalue weighted by atomic mass is 32.1. The Morgan fingerprint density at radius 2 is 2.04 bits per heavy atom. The van der Waals surface area contributed by atoms with Crippen molar-refractivity contribution < 1.29 is 4.79 Å². The number of carbonyl (C=O) groups excluding carboxylic acids is 1. The average molecular weight is 357 g/mol. The molecule has 0 aliphatic carbocycles. The summed E-state index contributed by atoms with van der Waals surface area (Å²) in [7, 11) is 0. The largest absolute Gasteiger partial charge is 0.355 e. The van der Waals surface area contributed by atoms with E-state index in [-0.39, 0.29) is 18.0 Å². The maximum Gasteiger partial charge on any atom is 0.336 e. The molecule has 3 rings (SSSR count). The van der Waals surface area contributed by atoms with Gasteiger partial charge in [0, 0.05) is 6.54 Å². The van der Waals surface area contributed by atoms with Crippen molar-refractivity contribution in [1.82, 2.24) is 14.5 Å². The third kappa shape index (κ3) is 3.28. The average Bonchev–Trinajstić information content (AvgIpc) is 3.07. The van der Waals surface area contributed by atoms with Gasteiger partial charge >= 0.3 is 5.69 Å². The van der Waals surface area contributed by atoms with Gasteiger partial charge in [-0.1, -0.05) is 19.1 Å². The third-order valence-electron chi connectivity index (χ3n) is 3.89. The first-order chi connectivity index (χ1) is 12.0. The van der Waals surface area contributed by atoms with E-state index in [0.29, 0.717) is 22.4 Å². The van der Waals surface area contributed by atoms with Gasteiger partial charge < -0.3 is 5.32 Å². The van der Waals surface area contributed by atoms with Crippen LogP contribution in [0.1, 0.15) is 18.9 Å². The highest BCUT2D eigenvalue weighted by Gasteiger charge is 2.17. The summed E-state index contributed by atoms with van der Waals surface area (Å²) in [5.41, 5.74) is 1.09. The van der Waals surface area contributed by atoms with Crippen LogP contribution in [0.5, 0.6) is 0 Å². The molecule has 0 bridgehead atoms. The van der Waals surface area contributed by atoms with Gasteiger partial charge in [0.15, 0.2) is 0 Å². The molecule has 7 heteroatoms. The second-order valence-corrected chi connectivity index (χ2v) is 6.75. The van der Waals surface area contributed by atoms with Crippen LogP contribution in [0, 0.1) is 6.92 Å². The van der Waals surface area contributed by atoms with Gasteiger partial charge in [0.05, 0.1) is 11.2 Å². The summed E-state index contributed by atoms with van der Waals surface area (Å²) in [4.78, 5) is 37.9. The summed E-state index contributed by atoms with van der Waals surface area (Å²) < 4.78 is 2.96. The fraction of sp³-hybridized carbons (Fsp3) is 0.278. The zero-order chi connectivity index (χ0) is 18.0. The van der Waals surface area contributed by atoms with Gasteiger partial charge in [0.2, 0.25) is 5.91 Å². The molecule has 0 unspecified atom stereocenters. The number of fused-ring (bicyclic) bond motifs is 1. The van der Waals surface area contributed by atoms with Crippen molar-refractivity contribution in [2.75, 3.05) is 6.54 Å². The topological polar surface area (TPSA) is 73.1 Å². The normalized spacial score (nSPS) is 11.0. The van der Waals surface area contributed by atoms with E-state index >= 15 is 0 Å². The number of rotatable bonds is 5. The molecule has 130 valence electrons. The second kappa shape index (κ2) is 7.06. The van der Waals surface area contributed by atoms with Crippen molar-refractivity contribution in [2.45, 2.75) is 26.8 Å². The number of hydrogen-bond donors (Lipinski definition) is 1. The SMILES string of the molecule is CCCNC(=O)Cn1c(=O)n(-c2cccc(C)c2)c(=O)c2sccc21. The molecule has 0 atom stereocenters. The molecule has 0 fully saturated rings. The van der Waals surface area contributed by atoms with Crippen LogP contribution < -0.4 is 16.6 Å². The number of benzene rings is 1. The Hall–Kier alpha value is -2.67. The summed E-state index contributed by atoms with van der Waals surface area (Å²) in [5.74, 6) is -0.245. The number of thiophene rings is 1. The Labute approximate surface area is 148 Å². The molecule has 0 spiro atoms. The molecule has 2 heterocycles. The van der Waals surface area contributed by atoms with Crippen molar-refractivity contribution in [1.29, 1.82) is 0 Å². The number of aryl methyl sites for hydroxylation is 1. The molecule has 0 saturated carbocycles. The van der Waals surface area contributed by atoms with Crippen molar-refractivity contribution >= 4 is 27.5 Å². The third-order valence-corrected chi connectivity index (χ3v) is 4.78. The van der Waals surface area contributed by atoms with E-state index in [2.05, 4.69) is 5.32 Å². The Balaban J connectivity index is 2.20. The van der Waals surface area contributed by atoms with E-state index in [1.807, 2.05) is 19.9 Å². The molecule has 6 nitrogen and oxygen atoms in total. The molecule has 1 N–H and O–H groups in total. The number of amides is 1. The van der Waals surface area contributed by atoms with E-state index in [4.69, 9.17) is 0 Å². The van der Waals surface area contributed by atoms with Gasteiger partial charge in [0.25, 0.3) is 5.56 Å². The molecule has 3 aromatic rings. The fourth-order valence-corrected chi connectivity index (χ4v) is 3.52. The quantitative estimate of drug-likeness (QED) is 0.759. The summed E-state index contributed by atoms with van der Waals surface area (Å²) in [6, 6.07) is 8.90. The highest BCUT2D eigenvalue weighted by molar-refractivity contribution is 7.17. The Morgan fingerprint density at radius 3 is 2.76 bits per heavy atom. The van der Waals surface area contributed by atoms with E-state index in [1.54, 1.807) is 29.6 Å². The summed E-state index contributed by atoms with van der Waals surface area (Å²) in [6.45, 7) is 4.30. The molecule has 0 radical (unpaired) electrons. The number of hydrogen-bond acceptors (Lipinski definition) is 4. The van der Waals surface area contributed by atoms with E-state index in [1.165, 1.54) is 15.9 Å². The summed E-state index contributed by atoms with van der Waals surface area (Å²) in [5, 5.41) is 4.52. The Bertz CT molecular complexity index is 1050. The van der Waals surface area contributed by atoms with Gasteiger partial charge in [-0.2, -0.15) is 0 Å². The predicted octanol–water partition coefficient (Wildman–Crippen LogP) is 2.05. The first-order valence-electron chi connectivity index (χ1n) is 8.09. The van der Waals surface area contributed by atoms with Crippen LogP contribution in [0.15, 0.2) is 45.3 Å². The van der Waals surface area contributed by atoms with Crippen molar-refractivity contribution in [2.24, 2.45) is 0 Å². The second-order valence-electron chi connectivity index (χ2n) is 5.83. The lowest BCUT2D eigenvalue weighted by Crippen LogP contribution is -2.41. The summed E-state index contributed by atoms with van der Waals surface area (Å²) >= 11 is 1.27. The maximum absolute atomic E-state index is 13.0. The first-order valence-corrected chi connectivity index (χ1v) is 8.97. The lowest BCUT2D eigenvalue weighted by atomic mass is 10.2. The van der Waals surface area contributed by atoms with E-state index in [9.17, 15) is 14.4 Å². The van der Waals surface area contributed by atoms with Crippen LogP contribution in [0.2, 0.25) is 0 Å². The van der Waals surface area contributed by atoms with Gasteiger partial charge in [-0.05, 0) is 42.5 Å². The molecular formula is C18H19N3O3S. The van der Waals surface area contributed by atoms with E-state index in [0.717, 1.165) is 16.6 Å². The van der Waals surface area contributed by atoms with Crippen LogP contribution in [0.3, 0.4) is 0 Å².